The monoisotopic (exact) mass is 285 g/mol. The summed E-state index contributed by atoms with van der Waals surface area (Å²) < 4.78 is 0. The first-order chi connectivity index (χ1) is 9.35. The van der Waals surface area contributed by atoms with E-state index in [-0.39, 0.29) is 30.6 Å². The SMILES string of the molecule is CNCC(=O)N(C)[C@](C=O)(CC(C)C)C(=O)CCCN. The highest BCUT2D eigenvalue weighted by molar-refractivity contribution is 6.06. The summed E-state index contributed by atoms with van der Waals surface area (Å²) in [5.74, 6) is -0.396. The summed E-state index contributed by atoms with van der Waals surface area (Å²) >= 11 is 0. The van der Waals surface area contributed by atoms with E-state index in [4.69, 9.17) is 5.73 Å². The van der Waals surface area contributed by atoms with Crippen LogP contribution in [0.15, 0.2) is 0 Å². The molecule has 0 aromatic carbocycles. The highest BCUT2D eigenvalue weighted by Crippen LogP contribution is 2.24. The zero-order chi connectivity index (χ0) is 15.8. The Balaban J connectivity index is 5.35. The molecule has 20 heavy (non-hydrogen) atoms. The van der Waals surface area contributed by atoms with Gasteiger partial charge in [0.25, 0.3) is 0 Å². The lowest BCUT2D eigenvalue weighted by Crippen LogP contribution is -2.58. The van der Waals surface area contributed by atoms with E-state index in [1.54, 1.807) is 7.05 Å². The predicted octanol–water partition coefficient (Wildman–Crippen LogP) is -0.0440. The minimum Gasteiger partial charge on any atom is -0.330 e. The van der Waals surface area contributed by atoms with Crippen LogP contribution in [0.3, 0.4) is 0 Å². The van der Waals surface area contributed by atoms with E-state index >= 15 is 0 Å². The lowest BCUT2D eigenvalue weighted by molar-refractivity contribution is -0.149. The summed E-state index contributed by atoms with van der Waals surface area (Å²) in [7, 11) is 3.16. The van der Waals surface area contributed by atoms with E-state index in [0.717, 1.165) is 0 Å². The molecule has 1 atom stereocenters. The molecule has 0 aromatic rings. The third-order valence-electron chi connectivity index (χ3n) is 3.31. The summed E-state index contributed by atoms with van der Waals surface area (Å²) in [6.07, 6.45) is 1.66. The van der Waals surface area contributed by atoms with Gasteiger partial charge in [0.1, 0.15) is 0 Å². The molecule has 116 valence electrons. The summed E-state index contributed by atoms with van der Waals surface area (Å²) in [4.78, 5) is 37.4. The fourth-order valence-corrected chi connectivity index (χ4v) is 2.22. The number of amides is 1. The summed E-state index contributed by atoms with van der Waals surface area (Å²) in [6, 6.07) is 0. The van der Waals surface area contributed by atoms with Gasteiger partial charge in [-0.2, -0.15) is 0 Å². The minimum atomic E-state index is -1.38. The average Bonchev–Trinajstić information content (AvgIpc) is 2.41. The van der Waals surface area contributed by atoms with Crippen LogP contribution in [0.2, 0.25) is 0 Å². The van der Waals surface area contributed by atoms with Crippen LogP contribution < -0.4 is 11.1 Å². The van der Waals surface area contributed by atoms with Gasteiger partial charge in [0.05, 0.1) is 6.54 Å². The van der Waals surface area contributed by atoms with Gasteiger partial charge in [0.15, 0.2) is 17.6 Å². The van der Waals surface area contributed by atoms with Gasteiger partial charge < -0.3 is 20.7 Å². The van der Waals surface area contributed by atoms with Crippen molar-refractivity contribution < 1.29 is 14.4 Å². The van der Waals surface area contributed by atoms with Crippen molar-refractivity contribution in [3.63, 3.8) is 0 Å². The zero-order valence-electron chi connectivity index (χ0n) is 12.9. The van der Waals surface area contributed by atoms with Gasteiger partial charge in [-0.1, -0.05) is 13.8 Å². The van der Waals surface area contributed by atoms with Gasteiger partial charge >= 0.3 is 0 Å². The summed E-state index contributed by atoms with van der Waals surface area (Å²) in [6.45, 7) is 4.32. The van der Waals surface area contributed by atoms with E-state index in [0.29, 0.717) is 25.7 Å². The van der Waals surface area contributed by atoms with Crippen LogP contribution in [0.25, 0.3) is 0 Å². The van der Waals surface area contributed by atoms with Crippen molar-refractivity contribution in [1.29, 1.82) is 0 Å². The van der Waals surface area contributed by atoms with Gasteiger partial charge in [-0.3, -0.25) is 9.59 Å². The van der Waals surface area contributed by atoms with Crippen molar-refractivity contribution >= 4 is 18.0 Å². The van der Waals surface area contributed by atoms with Gasteiger partial charge in [-0.15, -0.1) is 0 Å². The van der Waals surface area contributed by atoms with Crippen LogP contribution in [0, 0.1) is 5.92 Å². The lowest BCUT2D eigenvalue weighted by atomic mass is 9.82. The Morgan fingerprint density at radius 1 is 1.40 bits per heavy atom. The van der Waals surface area contributed by atoms with Gasteiger partial charge in [0.2, 0.25) is 5.91 Å². The highest BCUT2D eigenvalue weighted by Gasteiger charge is 2.43. The summed E-state index contributed by atoms with van der Waals surface area (Å²) in [5.41, 5.74) is 4.04. The molecule has 0 aliphatic carbocycles. The molecular formula is C14H27N3O3. The van der Waals surface area contributed by atoms with E-state index in [1.807, 2.05) is 13.8 Å². The second-order valence-corrected chi connectivity index (χ2v) is 5.44. The van der Waals surface area contributed by atoms with E-state index in [9.17, 15) is 14.4 Å². The molecule has 0 aliphatic heterocycles. The van der Waals surface area contributed by atoms with Crippen molar-refractivity contribution in [1.82, 2.24) is 10.2 Å². The normalized spacial score (nSPS) is 13.9. The highest BCUT2D eigenvalue weighted by atomic mass is 16.2. The number of nitrogens with zero attached hydrogens (tertiary/aromatic N) is 1. The van der Waals surface area contributed by atoms with Crippen molar-refractivity contribution in [3.8, 4) is 0 Å². The smallest absolute Gasteiger partial charge is 0.237 e. The lowest BCUT2D eigenvalue weighted by Gasteiger charge is -2.37. The fraction of sp³-hybridized carbons (Fsp3) is 0.786. The van der Waals surface area contributed by atoms with Crippen molar-refractivity contribution in [3.05, 3.63) is 0 Å². The van der Waals surface area contributed by atoms with Crippen LogP contribution in [-0.4, -0.2) is 55.6 Å². The molecule has 0 heterocycles. The number of Topliss-reactive ketones (excluding diaryl/α,β-unsaturated/α-hetero) is 1. The second kappa shape index (κ2) is 8.81. The fourth-order valence-electron chi connectivity index (χ4n) is 2.22. The van der Waals surface area contributed by atoms with Crippen molar-refractivity contribution in [2.45, 2.75) is 38.6 Å². The van der Waals surface area contributed by atoms with Crippen LogP contribution >= 0.6 is 0 Å². The van der Waals surface area contributed by atoms with E-state index in [2.05, 4.69) is 5.32 Å². The molecule has 0 saturated heterocycles. The summed E-state index contributed by atoms with van der Waals surface area (Å²) in [5, 5.41) is 2.74. The van der Waals surface area contributed by atoms with Gasteiger partial charge in [-0.05, 0) is 32.4 Å². The van der Waals surface area contributed by atoms with Crippen LogP contribution in [0.1, 0.15) is 33.1 Å². The van der Waals surface area contributed by atoms with Gasteiger partial charge in [0, 0.05) is 13.5 Å². The minimum absolute atomic E-state index is 0.0916. The zero-order valence-corrected chi connectivity index (χ0v) is 12.9. The molecular weight excluding hydrogens is 258 g/mol. The number of nitrogens with one attached hydrogen (secondary N) is 1. The Morgan fingerprint density at radius 3 is 2.40 bits per heavy atom. The Kier molecular flexibility index (Phi) is 8.25. The number of nitrogens with two attached hydrogens (primary N) is 1. The molecule has 0 saturated carbocycles. The maximum atomic E-state index is 12.4. The molecule has 3 N–H and O–H groups in total. The average molecular weight is 285 g/mol. The Hall–Kier alpha value is -1.27. The first-order valence-corrected chi connectivity index (χ1v) is 6.96. The molecule has 0 unspecified atom stereocenters. The molecule has 0 radical (unpaired) electrons. The molecule has 6 nitrogen and oxygen atoms in total. The molecule has 0 aliphatic rings. The van der Waals surface area contributed by atoms with Crippen molar-refractivity contribution in [2.24, 2.45) is 11.7 Å². The molecule has 0 aromatic heterocycles. The maximum Gasteiger partial charge on any atom is 0.237 e. The number of carbonyl (C=O) groups excluding carboxylic acids is 3. The second-order valence-electron chi connectivity index (χ2n) is 5.44. The number of rotatable bonds is 10. The molecule has 0 rings (SSSR count). The predicted molar refractivity (Wildman–Crippen MR) is 78.2 cm³/mol. The van der Waals surface area contributed by atoms with Crippen molar-refractivity contribution in [2.75, 3.05) is 27.2 Å². The first kappa shape index (κ1) is 18.7. The third-order valence-corrected chi connectivity index (χ3v) is 3.31. The Morgan fingerprint density at radius 2 is 2.00 bits per heavy atom. The Labute approximate surface area is 121 Å². The number of hydrogen-bond acceptors (Lipinski definition) is 5. The molecule has 0 bridgehead atoms. The molecule has 0 spiro atoms. The number of likely N-dealkylation sites (N-methyl/N-ethyl adjacent to an activating group) is 2. The van der Waals surface area contributed by atoms with Crippen LogP contribution in [-0.2, 0) is 14.4 Å². The topological polar surface area (TPSA) is 92.5 Å². The number of ketones is 1. The van der Waals surface area contributed by atoms with Gasteiger partial charge in [-0.25, -0.2) is 0 Å². The number of carbonyl (C=O) groups is 3. The van der Waals surface area contributed by atoms with E-state index in [1.165, 1.54) is 11.9 Å². The molecule has 6 heteroatoms. The molecule has 1 amide bonds. The van der Waals surface area contributed by atoms with E-state index < -0.39 is 5.54 Å². The largest absolute Gasteiger partial charge is 0.330 e. The van der Waals surface area contributed by atoms with Crippen LogP contribution in [0.4, 0.5) is 0 Å². The van der Waals surface area contributed by atoms with Crippen LogP contribution in [0.5, 0.6) is 0 Å². The maximum absolute atomic E-state index is 12.4. The quantitative estimate of drug-likeness (QED) is 0.434. The first-order valence-electron chi connectivity index (χ1n) is 6.96. The Bertz CT molecular complexity index is 345. The third kappa shape index (κ3) is 4.68. The number of hydrogen-bond donors (Lipinski definition) is 2. The molecule has 0 fully saturated rings. The standard InChI is InChI=1S/C14H27N3O3/c1-11(2)8-14(10-18,12(19)6-5-7-15)17(4)13(20)9-16-3/h10-11,16H,5-9,15H2,1-4H3/t14-/m0/s1. The number of aldehydes is 1.